The van der Waals surface area contributed by atoms with Crippen molar-refractivity contribution in [3.05, 3.63) is 12.2 Å². The number of aliphatic hydroxyl groups excluding tert-OH is 11. The zero-order valence-electron chi connectivity index (χ0n) is 41.3. The Balaban J connectivity index is 1.03. The van der Waals surface area contributed by atoms with E-state index in [1.807, 2.05) is 6.92 Å². The molecule has 5 aliphatic carbocycles. The van der Waals surface area contributed by atoms with E-state index in [0.29, 0.717) is 32.3 Å². The summed E-state index contributed by atoms with van der Waals surface area (Å²) in [5, 5.41) is 121. The monoisotopic (exact) mass is 1040 g/mol. The van der Waals surface area contributed by atoms with Gasteiger partial charge in [-0.15, -0.1) is 0 Å². The fourth-order valence-electron chi connectivity index (χ4n) is 16.1. The molecule has 4 saturated carbocycles. The van der Waals surface area contributed by atoms with Crippen LogP contribution in [0.3, 0.4) is 0 Å². The quantitative estimate of drug-likeness (QED) is 0.0595. The number of allylic oxidation sites excluding steroid dienone is 1. The van der Waals surface area contributed by atoms with Gasteiger partial charge in [-0.25, -0.2) is 4.18 Å². The third-order valence-corrected chi connectivity index (χ3v) is 21.0. The van der Waals surface area contributed by atoms with E-state index >= 15 is 0 Å². The van der Waals surface area contributed by atoms with Crippen molar-refractivity contribution in [2.75, 3.05) is 33.0 Å². The highest BCUT2D eigenvalue weighted by Crippen LogP contribution is 2.79. The number of hydrogen-bond donors (Lipinski definition) is 12. The Kier molecular flexibility index (Phi) is 14.5. The summed E-state index contributed by atoms with van der Waals surface area (Å²) in [6.07, 6.45) is -18.3. The highest BCUT2D eigenvalue weighted by Gasteiger charge is 2.79. The van der Waals surface area contributed by atoms with Gasteiger partial charge < -0.3 is 89.3 Å². The molecule has 408 valence electrons. The molecular formula is C48H78O22S. The zero-order chi connectivity index (χ0) is 51.8. The maximum absolute atomic E-state index is 12.3. The van der Waals surface area contributed by atoms with Crippen molar-refractivity contribution in [2.45, 2.75) is 203 Å². The molecule has 0 amide bonds. The summed E-state index contributed by atoms with van der Waals surface area (Å²) >= 11 is 0. The second-order valence-electron chi connectivity index (χ2n) is 24.1. The van der Waals surface area contributed by atoms with Gasteiger partial charge in [0, 0.05) is 28.8 Å². The molecule has 8 fully saturated rings. The maximum atomic E-state index is 12.3. The van der Waals surface area contributed by atoms with Gasteiger partial charge in [-0.3, -0.25) is 4.55 Å². The van der Waals surface area contributed by atoms with Gasteiger partial charge in [0.25, 0.3) is 0 Å². The lowest BCUT2D eigenvalue weighted by Gasteiger charge is -2.73. The number of rotatable bonds is 12. The van der Waals surface area contributed by atoms with Crippen LogP contribution in [0.2, 0.25) is 0 Å². The van der Waals surface area contributed by atoms with E-state index < -0.39 is 155 Å². The van der Waals surface area contributed by atoms with Crippen LogP contribution >= 0.6 is 0 Å². The van der Waals surface area contributed by atoms with E-state index in [4.69, 9.17) is 33.2 Å². The molecule has 0 unspecified atom stereocenters. The van der Waals surface area contributed by atoms with Crippen LogP contribution in [0.5, 0.6) is 0 Å². The number of fused-ring (bicyclic) bond motifs is 4. The Morgan fingerprint density at radius 1 is 0.648 bits per heavy atom. The predicted octanol–water partition coefficient (Wildman–Crippen LogP) is -1.60. The number of ether oxygens (including phenoxy) is 7. The van der Waals surface area contributed by atoms with E-state index in [-0.39, 0.29) is 41.8 Å². The third kappa shape index (κ3) is 8.20. The van der Waals surface area contributed by atoms with Gasteiger partial charge in [0.2, 0.25) is 0 Å². The number of aliphatic hydroxyl groups is 11. The molecule has 2 bridgehead atoms. The highest BCUT2D eigenvalue weighted by atomic mass is 32.3. The Labute approximate surface area is 414 Å². The average Bonchev–Trinajstić information content (AvgIpc) is 3.60. The third-order valence-electron chi connectivity index (χ3n) is 20.5. The van der Waals surface area contributed by atoms with Crippen LogP contribution in [0, 0.1) is 50.2 Å². The molecule has 27 atom stereocenters. The van der Waals surface area contributed by atoms with E-state index in [9.17, 15) is 69.1 Å². The first-order valence-corrected chi connectivity index (χ1v) is 26.7. The van der Waals surface area contributed by atoms with Crippen molar-refractivity contribution in [2.24, 2.45) is 50.2 Å². The van der Waals surface area contributed by atoms with Crippen LogP contribution in [0.1, 0.15) is 92.9 Å². The van der Waals surface area contributed by atoms with Gasteiger partial charge in [-0.05, 0) is 86.4 Å². The van der Waals surface area contributed by atoms with Crippen molar-refractivity contribution in [1.29, 1.82) is 0 Å². The fourth-order valence-corrected chi connectivity index (χ4v) is 16.6. The Bertz CT molecular complexity index is 2080. The van der Waals surface area contributed by atoms with Crippen molar-refractivity contribution in [1.82, 2.24) is 0 Å². The molecule has 1 spiro atoms. The van der Waals surface area contributed by atoms with Gasteiger partial charge in [0.15, 0.2) is 18.9 Å². The standard InChI is InChI=1S/C48H78O22S/c1-22-30(54)37(68-40-35(59)33(57)36(24(18-50)66-40)70-71(60,61)62)38(69-39-34(58)32(56)31(55)23(17-49)65-39)41(64-22)67-29-9-10-43(3)25(44(29,4)20-52)7-11-45(5)26(43)8-12-48-27-15-42(2,19-51)13-14-47(27,21-63-48)28(53)16-46(45,48)6/h8,12,22-41,49-59H,7,9-11,13-21H2,1-6H3,(H,60,61,62)/t22-,23-,24-,25-,26-,27-,28+,29+,30+,31+,32+,33-,34-,35-,36+,37+,38-,39+,40+,41+,42+,43+,44+,45-,46+,47-,48-/m1/s1. The summed E-state index contributed by atoms with van der Waals surface area (Å²) in [6.45, 7) is 10.8. The molecule has 71 heavy (non-hydrogen) atoms. The Morgan fingerprint density at radius 3 is 1.93 bits per heavy atom. The molecule has 0 radical (unpaired) electrons. The minimum atomic E-state index is -5.24. The normalized spacial score (nSPS) is 57.0. The minimum absolute atomic E-state index is 0.00790. The summed E-state index contributed by atoms with van der Waals surface area (Å²) in [7, 11) is -5.24. The van der Waals surface area contributed by atoms with Gasteiger partial charge in [-0.1, -0.05) is 46.8 Å². The molecule has 23 heteroatoms. The van der Waals surface area contributed by atoms with Crippen LogP contribution in [-0.2, 0) is 47.7 Å². The molecule has 22 nitrogen and oxygen atoms in total. The first-order valence-electron chi connectivity index (χ1n) is 25.3. The van der Waals surface area contributed by atoms with Gasteiger partial charge in [0.05, 0.1) is 50.3 Å². The zero-order valence-corrected chi connectivity index (χ0v) is 42.1. The lowest BCUT2D eigenvalue weighted by Crippen LogP contribution is -2.73. The summed E-state index contributed by atoms with van der Waals surface area (Å²) in [5.41, 5.74) is -3.63. The lowest BCUT2D eigenvalue weighted by molar-refractivity contribution is -0.397. The molecule has 4 saturated heterocycles. The summed E-state index contributed by atoms with van der Waals surface area (Å²) in [4.78, 5) is 0. The van der Waals surface area contributed by atoms with Crippen LogP contribution in [0.15, 0.2) is 12.2 Å². The Morgan fingerprint density at radius 2 is 1.30 bits per heavy atom. The van der Waals surface area contributed by atoms with Gasteiger partial charge in [0.1, 0.15) is 67.1 Å². The van der Waals surface area contributed by atoms with Crippen molar-refractivity contribution < 1.29 is 106 Å². The second kappa shape index (κ2) is 18.8. The molecule has 0 aromatic rings. The van der Waals surface area contributed by atoms with E-state index in [0.717, 1.165) is 25.7 Å². The minimum Gasteiger partial charge on any atom is -0.396 e. The summed E-state index contributed by atoms with van der Waals surface area (Å²) in [5.74, 6) is -0.197. The maximum Gasteiger partial charge on any atom is 0.397 e. The van der Waals surface area contributed by atoms with Crippen molar-refractivity contribution in [3.8, 4) is 0 Å². The topological polar surface area (TPSA) is 351 Å². The smallest absolute Gasteiger partial charge is 0.396 e. The molecule has 9 aliphatic rings. The predicted molar refractivity (Wildman–Crippen MR) is 241 cm³/mol. The summed E-state index contributed by atoms with van der Waals surface area (Å²) < 4.78 is 81.3. The Hall–Kier alpha value is -1.11. The molecule has 9 rings (SSSR count). The SMILES string of the molecule is C[C@H]1O[C@@H](O[C@H]2CC[C@@]3(C)[C@@H](CC[C@]4(C)[C@@H]3C=C[C@@]35OC[C@@]6(CC[C@](C)(CO)C[C@H]63)[C@@H](O)C[C@@]45C)[C@]2(C)CO)[C@H](O[C@@H]2O[C@H](CO)[C@H](O)[C@H](O)[C@H]2O)[C@@H](O[C@@H]2O[C@H](CO)[C@H](OS(=O)(=O)O)[C@H](O)[C@H]2O)[C@H]1O. The largest absolute Gasteiger partial charge is 0.397 e. The van der Waals surface area contributed by atoms with Crippen LogP contribution < -0.4 is 0 Å². The first kappa shape index (κ1) is 54.7. The highest BCUT2D eigenvalue weighted by molar-refractivity contribution is 7.80. The van der Waals surface area contributed by atoms with Crippen molar-refractivity contribution >= 4 is 10.4 Å². The average molecular weight is 1040 g/mol. The van der Waals surface area contributed by atoms with Crippen LogP contribution in [-0.4, -0.2) is 212 Å². The van der Waals surface area contributed by atoms with E-state index in [1.165, 1.54) is 6.92 Å². The second-order valence-corrected chi connectivity index (χ2v) is 25.1. The van der Waals surface area contributed by atoms with E-state index in [2.05, 4.69) is 44.0 Å². The van der Waals surface area contributed by atoms with Crippen LogP contribution in [0.25, 0.3) is 0 Å². The molecule has 4 heterocycles. The van der Waals surface area contributed by atoms with Crippen LogP contribution in [0.4, 0.5) is 0 Å². The molecule has 0 aromatic carbocycles. The number of hydrogen-bond acceptors (Lipinski definition) is 21. The molecule has 12 N–H and O–H groups in total. The van der Waals surface area contributed by atoms with Crippen molar-refractivity contribution in [3.63, 3.8) is 0 Å². The summed E-state index contributed by atoms with van der Waals surface area (Å²) in [6, 6.07) is 0. The van der Waals surface area contributed by atoms with Gasteiger partial charge in [-0.2, -0.15) is 8.42 Å². The van der Waals surface area contributed by atoms with Gasteiger partial charge >= 0.3 is 10.4 Å². The fraction of sp³-hybridized carbons (Fsp3) is 0.958. The molecule has 0 aromatic heterocycles. The first-order chi connectivity index (χ1) is 33.2. The molecular weight excluding hydrogens is 961 g/mol. The molecule has 4 aliphatic heterocycles. The lowest BCUT2D eigenvalue weighted by atomic mass is 9.32. The van der Waals surface area contributed by atoms with E-state index in [1.54, 1.807) is 0 Å².